The van der Waals surface area contributed by atoms with Crippen LogP contribution >= 0.6 is 0 Å². The molecule has 0 saturated carbocycles. The molecular weight excluding hydrogens is 190 g/mol. The van der Waals surface area contributed by atoms with Gasteiger partial charge in [-0.05, 0) is 26.3 Å². The van der Waals surface area contributed by atoms with E-state index in [4.69, 9.17) is 11.0 Å². The number of hydrogen-bond acceptors (Lipinski definition) is 3. The molecule has 0 fully saturated rings. The van der Waals surface area contributed by atoms with Gasteiger partial charge in [0.1, 0.15) is 0 Å². The van der Waals surface area contributed by atoms with Gasteiger partial charge in [-0.2, -0.15) is 5.26 Å². The summed E-state index contributed by atoms with van der Waals surface area (Å²) in [4.78, 5) is 11.6. The molecule has 4 heteroatoms. The highest BCUT2D eigenvalue weighted by molar-refractivity contribution is 5.41. The standard InChI is InChI=1S/C11H15N3O/c1-8(4-3-7-12)14-9(2)10(13)5-6-11(14)15/h5-6,8H,3-4,13H2,1-2H3. The summed E-state index contributed by atoms with van der Waals surface area (Å²) in [5.74, 6) is 0. The minimum Gasteiger partial charge on any atom is -0.397 e. The number of aromatic nitrogens is 1. The monoisotopic (exact) mass is 205 g/mol. The summed E-state index contributed by atoms with van der Waals surface area (Å²) in [6, 6.07) is 5.17. The zero-order chi connectivity index (χ0) is 11.4. The molecule has 4 nitrogen and oxygen atoms in total. The molecule has 1 unspecified atom stereocenters. The van der Waals surface area contributed by atoms with Gasteiger partial charge in [0.15, 0.2) is 0 Å². The number of pyridine rings is 1. The first-order valence-electron chi connectivity index (χ1n) is 4.92. The van der Waals surface area contributed by atoms with Crippen LogP contribution in [0.15, 0.2) is 16.9 Å². The minimum absolute atomic E-state index is 0.0145. The smallest absolute Gasteiger partial charge is 0.251 e. The number of nitriles is 1. The zero-order valence-electron chi connectivity index (χ0n) is 9.03. The summed E-state index contributed by atoms with van der Waals surface area (Å²) < 4.78 is 1.65. The molecule has 1 atom stereocenters. The topological polar surface area (TPSA) is 71.8 Å². The van der Waals surface area contributed by atoms with Crippen molar-refractivity contribution in [3.63, 3.8) is 0 Å². The van der Waals surface area contributed by atoms with Crippen LogP contribution < -0.4 is 11.3 Å². The third-order valence-electron chi connectivity index (χ3n) is 2.54. The van der Waals surface area contributed by atoms with E-state index in [1.807, 2.05) is 13.8 Å². The molecule has 0 aliphatic rings. The predicted octanol–water partition coefficient (Wildman–Crippen LogP) is 1.60. The first-order valence-corrected chi connectivity index (χ1v) is 4.92. The Bertz CT molecular complexity index is 442. The Morgan fingerprint density at radius 3 is 2.87 bits per heavy atom. The molecular formula is C11H15N3O. The third-order valence-corrected chi connectivity index (χ3v) is 2.54. The van der Waals surface area contributed by atoms with E-state index in [-0.39, 0.29) is 11.6 Å². The molecule has 0 amide bonds. The molecule has 1 rings (SSSR count). The van der Waals surface area contributed by atoms with Crippen molar-refractivity contribution in [1.82, 2.24) is 4.57 Å². The number of anilines is 1. The van der Waals surface area contributed by atoms with Gasteiger partial charge in [-0.3, -0.25) is 4.79 Å². The van der Waals surface area contributed by atoms with Gasteiger partial charge in [-0.15, -0.1) is 0 Å². The summed E-state index contributed by atoms with van der Waals surface area (Å²) >= 11 is 0. The Balaban J connectivity index is 3.08. The van der Waals surface area contributed by atoms with Crippen molar-refractivity contribution >= 4 is 5.69 Å². The molecule has 0 aliphatic carbocycles. The zero-order valence-corrected chi connectivity index (χ0v) is 9.03. The van der Waals surface area contributed by atoms with Crippen LogP contribution in [-0.4, -0.2) is 4.57 Å². The first-order chi connectivity index (χ1) is 7.07. The van der Waals surface area contributed by atoms with Gasteiger partial charge in [0, 0.05) is 24.2 Å². The molecule has 0 aliphatic heterocycles. The largest absolute Gasteiger partial charge is 0.397 e. The Kier molecular flexibility index (Phi) is 3.51. The Hall–Kier alpha value is -1.76. The van der Waals surface area contributed by atoms with Crippen molar-refractivity contribution in [1.29, 1.82) is 5.26 Å². The molecule has 1 aromatic rings. The van der Waals surface area contributed by atoms with Crippen molar-refractivity contribution < 1.29 is 0 Å². The molecule has 0 saturated heterocycles. The van der Waals surface area contributed by atoms with Crippen LogP contribution in [0.2, 0.25) is 0 Å². The van der Waals surface area contributed by atoms with E-state index in [9.17, 15) is 4.79 Å². The predicted molar refractivity (Wildman–Crippen MR) is 59.4 cm³/mol. The Morgan fingerprint density at radius 1 is 1.60 bits per heavy atom. The van der Waals surface area contributed by atoms with Gasteiger partial charge in [-0.1, -0.05) is 0 Å². The van der Waals surface area contributed by atoms with Crippen molar-refractivity contribution in [2.45, 2.75) is 32.7 Å². The van der Waals surface area contributed by atoms with E-state index in [0.717, 1.165) is 5.69 Å². The van der Waals surface area contributed by atoms with E-state index in [2.05, 4.69) is 6.07 Å². The molecule has 2 N–H and O–H groups in total. The summed E-state index contributed by atoms with van der Waals surface area (Å²) in [6.07, 6.45) is 1.11. The second-order valence-electron chi connectivity index (χ2n) is 3.63. The van der Waals surface area contributed by atoms with Gasteiger partial charge in [-0.25, -0.2) is 0 Å². The second kappa shape index (κ2) is 4.65. The van der Waals surface area contributed by atoms with E-state index < -0.39 is 0 Å². The minimum atomic E-state index is -0.0628. The van der Waals surface area contributed by atoms with Crippen LogP contribution in [0.5, 0.6) is 0 Å². The van der Waals surface area contributed by atoms with Gasteiger partial charge < -0.3 is 10.3 Å². The van der Waals surface area contributed by atoms with Crippen molar-refractivity contribution in [3.8, 4) is 6.07 Å². The fourth-order valence-corrected chi connectivity index (χ4v) is 1.62. The quantitative estimate of drug-likeness (QED) is 0.814. The normalized spacial score (nSPS) is 12.1. The van der Waals surface area contributed by atoms with Gasteiger partial charge >= 0.3 is 0 Å². The molecule has 0 bridgehead atoms. The van der Waals surface area contributed by atoms with Gasteiger partial charge in [0.25, 0.3) is 5.56 Å². The lowest BCUT2D eigenvalue weighted by Crippen LogP contribution is -2.25. The molecule has 1 aromatic heterocycles. The molecule has 0 radical (unpaired) electrons. The molecule has 0 spiro atoms. The first kappa shape index (κ1) is 11.3. The summed E-state index contributed by atoms with van der Waals surface area (Å²) in [5, 5.41) is 8.49. The van der Waals surface area contributed by atoms with E-state index in [1.54, 1.807) is 10.6 Å². The van der Waals surface area contributed by atoms with Crippen LogP contribution in [0.3, 0.4) is 0 Å². The highest BCUT2D eigenvalue weighted by Crippen LogP contribution is 2.16. The van der Waals surface area contributed by atoms with E-state index in [1.165, 1.54) is 6.07 Å². The van der Waals surface area contributed by atoms with E-state index >= 15 is 0 Å². The highest BCUT2D eigenvalue weighted by Gasteiger charge is 2.10. The molecule has 1 heterocycles. The lowest BCUT2D eigenvalue weighted by atomic mass is 10.1. The fourth-order valence-electron chi connectivity index (χ4n) is 1.62. The maximum atomic E-state index is 11.6. The van der Waals surface area contributed by atoms with E-state index in [0.29, 0.717) is 18.5 Å². The summed E-state index contributed by atoms with van der Waals surface area (Å²) in [7, 11) is 0. The molecule has 80 valence electrons. The second-order valence-corrected chi connectivity index (χ2v) is 3.63. The third kappa shape index (κ3) is 2.38. The van der Waals surface area contributed by atoms with Crippen LogP contribution in [-0.2, 0) is 0 Å². The SMILES string of the molecule is Cc1c(N)ccc(=O)n1C(C)CCC#N. The lowest BCUT2D eigenvalue weighted by molar-refractivity contribution is 0.489. The van der Waals surface area contributed by atoms with Crippen LogP contribution in [0.25, 0.3) is 0 Å². The molecule has 15 heavy (non-hydrogen) atoms. The lowest BCUT2D eigenvalue weighted by Gasteiger charge is -2.17. The molecule has 0 aromatic carbocycles. The number of rotatable bonds is 3. The Morgan fingerprint density at radius 2 is 2.27 bits per heavy atom. The van der Waals surface area contributed by atoms with Crippen molar-refractivity contribution in [2.24, 2.45) is 0 Å². The average Bonchev–Trinajstić information content (AvgIpc) is 2.21. The average molecular weight is 205 g/mol. The summed E-state index contributed by atoms with van der Waals surface area (Å²) in [5.41, 5.74) is 7.05. The van der Waals surface area contributed by atoms with Crippen molar-refractivity contribution in [3.05, 3.63) is 28.2 Å². The van der Waals surface area contributed by atoms with Gasteiger partial charge in [0.05, 0.1) is 11.8 Å². The Labute approximate surface area is 88.9 Å². The maximum Gasteiger partial charge on any atom is 0.251 e. The highest BCUT2D eigenvalue weighted by atomic mass is 16.1. The van der Waals surface area contributed by atoms with Crippen LogP contribution in [0.1, 0.15) is 31.5 Å². The van der Waals surface area contributed by atoms with Crippen LogP contribution in [0, 0.1) is 18.3 Å². The number of nitrogens with two attached hydrogens (primary N) is 1. The number of hydrogen-bond donors (Lipinski definition) is 1. The fraction of sp³-hybridized carbons (Fsp3) is 0.455. The van der Waals surface area contributed by atoms with Crippen molar-refractivity contribution in [2.75, 3.05) is 5.73 Å². The number of nitrogens with zero attached hydrogens (tertiary/aromatic N) is 2. The maximum absolute atomic E-state index is 11.6. The number of nitrogen functional groups attached to an aromatic ring is 1. The van der Waals surface area contributed by atoms with Gasteiger partial charge in [0.2, 0.25) is 0 Å². The van der Waals surface area contributed by atoms with Crippen LogP contribution in [0.4, 0.5) is 5.69 Å². The summed E-state index contributed by atoms with van der Waals surface area (Å²) in [6.45, 7) is 3.74.